The second-order valence-corrected chi connectivity index (χ2v) is 7.56. The van der Waals surface area contributed by atoms with E-state index in [-0.39, 0.29) is 12.5 Å². The molecule has 0 aromatic heterocycles. The van der Waals surface area contributed by atoms with E-state index in [0.717, 1.165) is 51.6 Å². The SMILES string of the molecule is C#CCCC(=O)N(C)C1CCC(c2ccc(CNCCCCO)cc2)CC1. The molecular weight excluding hydrogens is 336 g/mol. The highest BCUT2D eigenvalue weighted by Crippen LogP contribution is 2.34. The number of carbonyl (C=O) groups excluding carboxylic acids is 1. The highest BCUT2D eigenvalue weighted by atomic mass is 16.2. The standard InChI is InChI=1S/C23H34N2O2/c1-3-4-7-23(27)25(2)22-14-12-21(13-15-22)20-10-8-19(9-11-20)18-24-16-5-6-17-26/h1,8-11,21-22,24,26H,4-7,12-18H2,2H3. The van der Waals surface area contributed by atoms with Gasteiger partial charge in [-0.25, -0.2) is 0 Å². The minimum atomic E-state index is 0.173. The first kappa shape index (κ1) is 21.5. The van der Waals surface area contributed by atoms with Crippen LogP contribution < -0.4 is 5.32 Å². The van der Waals surface area contributed by atoms with E-state index in [4.69, 9.17) is 11.5 Å². The Morgan fingerprint density at radius 3 is 2.56 bits per heavy atom. The minimum absolute atomic E-state index is 0.173. The molecule has 1 fully saturated rings. The van der Waals surface area contributed by atoms with Crippen LogP contribution in [-0.2, 0) is 11.3 Å². The van der Waals surface area contributed by atoms with Crippen LogP contribution in [0.2, 0.25) is 0 Å². The predicted molar refractivity (Wildman–Crippen MR) is 110 cm³/mol. The quantitative estimate of drug-likeness (QED) is 0.490. The number of nitrogens with zero attached hydrogens (tertiary/aromatic N) is 1. The molecule has 0 aliphatic heterocycles. The molecule has 1 aromatic carbocycles. The number of hydrogen-bond donors (Lipinski definition) is 2. The van der Waals surface area contributed by atoms with E-state index in [0.29, 0.717) is 24.8 Å². The van der Waals surface area contributed by atoms with Gasteiger partial charge in [-0.1, -0.05) is 24.3 Å². The average molecular weight is 371 g/mol. The topological polar surface area (TPSA) is 52.6 Å². The molecule has 2 rings (SSSR count). The number of aliphatic hydroxyl groups excluding tert-OH is 1. The largest absolute Gasteiger partial charge is 0.396 e. The Hall–Kier alpha value is -1.83. The summed E-state index contributed by atoms with van der Waals surface area (Å²) in [6.07, 6.45) is 12.5. The highest BCUT2D eigenvalue weighted by Gasteiger charge is 2.26. The summed E-state index contributed by atoms with van der Waals surface area (Å²) in [7, 11) is 1.92. The van der Waals surface area contributed by atoms with Gasteiger partial charge < -0.3 is 15.3 Å². The average Bonchev–Trinajstić information content (AvgIpc) is 2.72. The molecule has 1 saturated carbocycles. The molecule has 0 saturated heterocycles. The molecule has 0 spiro atoms. The van der Waals surface area contributed by atoms with Crippen LogP contribution in [0.1, 0.15) is 68.4 Å². The highest BCUT2D eigenvalue weighted by molar-refractivity contribution is 5.76. The summed E-state index contributed by atoms with van der Waals surface area (Å²) in [5.74, 6) is 3.32. The summed E-state index contributed by atoms with van der Waals surface area (Å²) in [6.45, 7) is 2.09. The van der Waals surface area contributed by atoms with Crippen molar-refractivity contribution in [2.45, 2.75) is 69.9 Å². The summed E-state index contributed by atoms with van der Waals surface area (Å²) in [5.41, 5.74) is 2.72. The molecule has 1 amide bonds. The van der Waals surface area contributed by atoms with E-state index in [2.05, 4.69) is 35.5 Å². The number of rotatable bonds is 10. The molecule has 1 aliphatic rings. The van der Waals surface area contributed by atoms with Gasteiger partial charge in [0.05, 0.1) is 0 Å². The van der Waals surface area contributed by atoms with Crippen LogP contribution in [0.25, 0.3) is 0 Å². The Morgan fingerprint density at radius 1 is 1.22 bits per heavy atom. The lowest BCUT2D eigenvalue weighted by Crippen LogP contribution is -2.39. The lowest BCUT2D eigenvalue weighted by molar-refractivity contribution is -0.132. The Bertz CT molecular complexity index is 598. The van der Waals surface area contributed by atoms with Crippen LogP contribution in [0.4, 0.5) is 0 Å². The number of aliphatic hydroxyl groups is 1. The van der Waals surface area contributed by atoms with Gasteiger partial charge in [-0.05, 0) is 62.1 Å². The summed E-state index contributed by atoms with van der Waals surface area (Å²) in [5, 5.41) is 12.2. The first-order chi connectivity index (χ1) is 13.2. The third kappa shape index (κ3) is 7.01. The van der Waals surface area contributed by atoms with E-state index in [9.17, 15) is 4.79 Å². The Kier molecular flexibility index (Phi) is 9.38. The fourth-order valence-electron chi connectivity index (χ4n) is 3.86. The third-order valence-corrected chi connectivity index (χ3v) is 5.66. The Balaban J connectivity index is 1.75. The van der Waals surface area contributed by atoms with Crippen LogP contribution in [0.5, 0.6) is 0 Å². The molecule has 0 bridgehead atoms. The van der Waals surface area contributed by atoms with Gasteiger partial charge in [0.2, 0.25) is 5.91 Å². The van der Waals surface area contributed by atoms with E-state index >= 15 is 0 Å². The minimum Gasteiger partial charge on any atom is -0.396 e. The molecule has 1 aliphatic carbocycles. The maximum absolute atomic E-state index is 12.1. The monoisotopic (exact) mass is 370 g/mol. The molecule has 4 heteroatoms. The van der Waals surface area contributed by atoms with Gasteiger partial charge in [0.15, 0.2) is 0 Å². The van der Waals surface area contributed by atoms with Gasteiger partial charge in [-0.2, -0.15) is 0 Å². The van der Waals surface area contributed by atoms with Crippen molar-refractivity contribution in [3.05, 3.63) is 35.4 Å². The van der Waals surface area contributed by atoms with Crippen molar-refractivity contribution in [2.75, 3.05) is 20.2 Å². The zero-order chi connectivity index (χ0) is 19.5. The summed E-state index contributed by atoms with van der Waals surface area (Å²) < 4.78 is 0. The Morgan fingerprint density at radius 2 is 1.93 bits per heavy atom. The number of unbranched alkanes of at least 4 members (excludes halogenated alkanes) is 1. The molecule has 27 heavy (non-hydrogen) atoms. The van der Waals surface area contributed by atoms with Crippen molar-refractivity contribution in [1.29, 1.82) is 0 Å². The summed E-state index contributed by atoms with van der Waals surface area (Å²) >= 11 is 0. The van der Waals surface area contributed by atoms with Crippen LogP contribution in [-0.4, -0.2) is 42.2 Å². The lowest BCUT2D eigenvalue weighted by Gasteiger charge is -2.35. The maximum Gasteiger partial charge on any atom is 0.223 e. The van der Waals surface area contributed by atoms with Gasteiger partial charge in [-0.3, -0.25) is 4.79 Å². The van der Waals surface area contributed by atoms with Crippen molar-refractivity contribution in [1.82, 2.24) is 10.2 Å². The Labute approximate surface area is 164 Å². The second-order valence-electron chi connectivity index (χ2n) is 7.56. The number of terminal acetylenes is 1. The van der Waals surface area contributed by atoms with E-state index in [1.54, 1.807) is 0 Å². The number of hydrogen-bond acceptors (Lipinski definition) is 3. The first-order valence-electron chi connectivity index (χ1n) is 10.2. The maximum atomic E-state index is 12.1. The van der Waals surface area contributed by atoms with E-state index in [1.807, 2.05) is 11.9 Å². The molecule has 148 valence electrons. The second kappa shape index (κ2) is 11.8. The molecular formula is C23H34N2O2. The zero-order valence-corrected chi connectivity index (χ0v) is 16.6. The normalized spacial score (nSPS) is 19.4. The molecule has 2 N–H and O–H groups in total. The molecule has 0 radical (unpaired) electrons. The zero-order valence-electron chi connectivity index (χ0n) is 16.6. The van der Waals surface area contributed by atoms with Crippen LogP contribution >= 0.6 is 0 Å². The first-order valence-corrected chi connectivity index (χ1v) is 10.2. The number of carbonyl (C=O) groups is 1. The molecule has 0 unspecified atom stereocenters. The summed E-state index contributed by atoms with van der Waals surface area (Å²) in [6, 6.07) is 9.31. The fourth-order valence-corrected chi connectivity index (χ4v) is 3.86. The number of amides is 1. The van der Waals surface area contributed by atoms with Crippen molar-refractivity contribution in [2.24, 2.45) is 0 Å². The van der Waals surface area contributed by atoms with Gasteiger partial charge >= 0.3 is 0 Å². The van der Waals surface area contributed by atoms with Crippen LogP contribution in [0, 0.1) is 12.3 Å². The number of benzene rings is 1. The molecule has 0 atom stereocenters. The molecule has 1 aromatic rings. The van der Waals surface area contributed by atoms with Gasteiger partial charge in [0, 0.05) is 39.1 Å². The van der Waals surface area contributed by atoms with Gasteiger partial charge in [0.1, 0.15) is 0 Å². The predicted octanol–water partition coefficient (Wildman–Crippen LogP) is 3.45. The number of nitrogens with one attached hydrogen (secondary N) is 1. The summed E-state index contributed by atoms with van der Waals surface area (Å²) in [4.78, 5) is 14.1. The van der Waals surface area contributed by atoms with Crippen molar-refractivity contribution >= 4 is 5.91 Å². The molecule has 0 heterocycles. The fraction of sp³-hybridized carbons (Fsp3) is 0.609. The van der Waals surface area contributed by atoms with Crippen molar-refractivity contribution < 1.29 is 9.90 Å². The van der Waals surface area contributed by atoms with Crippen molar-refractivity contribution in [3.63, 3.8) is 0 Å². The van der Waals surface area contributed by atoms with E-state index < -0.39 is 0 Å². The lowest BCUT2D eigenvalue weighted by atomic mass is 9.81. The van der Waals surface area contributed by atoms with E-state index in [1.165, 1.54) is 11.1 Å². The van der Waals surface area contributed by atoms with Crippen LogP contribution in [0.15, 0.2) is 24.3 Å². The smallest absolute Gasteiger partial charge is 0.223 e. The van der Waals surface area contributed by atoms with Crippen molar-refractivity contribution in [3.8, 4) is 12.3 Å². The molecule has 4 nitrogen and oxygen atoms in total. The van der Waals surface area contributed by atoms with Crippen LogP contribution in [0.3, 0.4) is 0 Å². The van der Waals surface area contributed by atoms with Gasteiger partial charge in [-0.15, -0.1) is 12.3 Å². The van der Waals surface area contributed by atoms with Gasteiger partial charge in [0.25, 0.3) is 0 Å². The third-order valence-electron chi connectivity index (χ3n) is 5.66.